The Morgan fingerprint density at radius 2 is 1.69 bits per heavy atom. The number of fused-ring (bicyclic) bond motifs is 7. The van der Waals surface area contributed by atoms with Gasteiger partial charge in [-0.05, 0) is 90.1 Å². The second kappa shape index (κ2) is 22.1. The summed E-state index contributed by atoms with van der Waals surface area (Å²) in [7, 11) is 1.55. The predicted octanol–water partition coefficient (Wildman–Crippen LogP) is 10.5. The number of aromatic hydroxyl groups is 1. The Labute approximate surface area is 423 Å². The van der Waals surface area contributed by atoms with Crippen molar-refractivity contribution in [2.45, 2.75) is 101 Å². The van der Waals surface area contributed by atoms with Crippen LogP contribution >= 0.6 is 0 Å². The Balaban J connectivity index is 1.09. The number of aliphatic hydroxyl groups excluding tert-OH is 2. The molecule has 0 radical (unpaired) electrons. The van der Waals surface area contributed by atoms with Crippen LogP contribution in [0, 0.1) is 5.92 Å². The molecule has 1 saturated carbocycles. The first kappa shape index (κ1) is 49.1. The second-order valence-electron chi connectivity index (χ2n) is 20.2. The molecule has 4 aliphatic heterocycles. The van der Waals surface area contributed by atoms with Crippen molar-refractivity contribution in [1.82, 2.24) is 10.3 Å². The minimum atomic E-state index is -0.820. The number of anilines is 1. The number of aliphatic hydroxyl groups is 2. The Hall–Kier alpha value is -6.53. The van der Waals surface area contributed by atoms with Crippen LogP contribution < -0.4 is 29.2 Å². The van der Waals surface area contributed by atoms with Gasteiger partial charge in [0.05, 0.1) is 38.9 Å². The van der Waals surface area contributed by atoms with Crippen molar-refractivity contribution in [2.75, 3.05) is 51.5 Å². The van der Waals surface area contributed by atoms with E-state index in [2.05, 4.69) is 76.7 Å². The molecule has 72 heavy (non-hydrogen) atoms. The number of hydrogen-bond donors (Lipinski definition) is 5. The van der Waals surface area contributed by atoms with Crippen molar-refractivity contribution >= 4 is 17.7 Å². The number of rotatable bonds is 10. The van der Waals surface area contributed by atoms with Crippen LogP contribution in [0.3, 0.4) is 0 Å². The maximum atomic E-state index is 14.7. The van der Waals surface area contributed by atoms with Crippen LogP contribution in [0.2, 0.25) is 0 Å². The van der Waals surface area contributed by atoms with E-state index in [0.717, 1.165) is 66.7 Å². The minimum Gasteiger partial charge on any atom is -0.508 e. The van der Waals surface area contributed by atoms with E-state index in [9.17, 15) is 20.1 Å². The number of aromatic amines is 1. The third kappa shape index (κ3) is 10.2. The van der Waals surface area contributed by atoms with E-state index in [4.69, 9.17) is 18.9 Å². The van der Waals surface area contributed by atoms with Gasteiger partial charge >= 0.3 is 0 Å². The highest BCUT2D eigenvalue weighted by Gasteiger charge is 2.46. The Morgan fingerprint density at radius 3 is 2.46 bits per heavy atom. The first-order valence-electron chi connectivity index (χ1n) is 26.2. The number of carbonyl (C=O) groups excluding carboxylic acids is 1. The molecular weight excluding hydrogens is 903 g/mol. The summed E-state index contributed by atoms with van der Waals surface area (Å²) in [5.41, 5.74) is 9.73. The Kier molecular flexibility index (Phi) is 15.0. The molecule has 1 saturated heterocycles. The fourth-order valence-corrected chi connectivity index (χ4v) is 11.7. The molecule has 4 unspecified atom stereocenters. The van der Waals surface area contributed by atoms with E-state index in [-0.39, 0.29) is 78.6 Å². The fourth-order valence-electron chi connectivity index (χ4n) is 11.7. The van der Waals surface area contributed by atoms with Crippen molar-refractivity contribution in [2.24, 2.45) is 5.92 Å². The van der Waals surface area contributed by atoms with E-state index >= 15 is 0 Å². The van der Waals surface area contributed by atoms with Crippen LogP contribution in [0.4, 0.5) is 5.82 Å². The summed E-state index contributed by atoms with van der Waals surface area (Å²) >= 11 is 0. The molecule has 5 heterocycles. The number of piperazine rings is 1. The maximum Gasteiger partial charge on any atom is 0.204 e. The van der Waals surface area contributed by atoms with E-state index in [1.807, 2.05) is 36.4 Å². The monoisotopic (exact) mass is 972 g/mol. The number of phenolic OH excluding ortho intramolecular Hbond substituents is 1. The maximum absolute atomic E-state index is 14.7. The average Bonchev–Trinajstić information content (AvgIpc) is 3.86. The number of phenols is 1. The van der Waals surface area contributed by atoms with Crippen LogP contribution in [-0.4, -0.2) is 84.8 Å². The number of ether oxygens (including phenoxy) is 4. The zero-order chi connectivity index (χ0) is 49.6. The summed E-state index contributed by atoms with van der Waals surface area (Å²) in [4.78, 5) is 21.4. The molecule has 376 valence electrons. The molecule has 6 aromatic rings. The van der Waals surface area contributed by atoms with Crippen LogP contribution in [0.1, 0.15) is 107 Å². The number of Topliss-reactive ketones (excluding diaryl/α,β-unsaturated/α-hetero) is 1. The second-order valence-corrected chi connectivity index (χ2v) is 20.2. The molecule has 11 rings (SSSR count). The minimum absolute atomic E-state index is 0.0284. The molecule has 5 aromatic carbocycles. The summed E-state index contributed by atoms with van der Waals surface area (Å²) in [5.74, 6) is 2.03. The number of methoxy groups -OCH3 is 1. The number of nitrogens with zero attached hydrogens (tertiary/aromatic N) is 1. The molecule has 1 aliphatic carbocycles. The van der Waals surface area contributed by atoms with Gasteiger partial charge in [0.2, 0.25) is 5.75 Å². The molecule has 1 aromatic heterocycles. The predicted molar refractivity (Wildman–Crippen MR) is 283 cm³/mol. The van der Waals surface area contributed by atoms with Gasteiger partial charge in [-0.2, -0.15) is 0 Å². The molecule has 4 atom stereocenters. The lowest BCUT2D eigenvalue weighted by Gasteiger charge is -2.51. The number of nitrogens with one attached hydrogen (secondary N) is 2. The van der Waals surface area contributed by atoms with Gasteiger partial charge in [0.1, 0.15) is 29.0 Å². The van der Waals surface area contributed by atoms with E-state index in [0.29, 0.717) is 36.3 Å². The Morgan fingerprint density at radius 1 is 0.889 bits per heavy atom. The van der Waals surface area contributed by atoms with Crippen LogP contribution in [-0.2, 0) is 31.1 Å². The molecule has 5 N–H and O–H groups in total. The van der Waals surface area contributed by atoms with Crippen molar-refractivity contribution in [3.63, 3.8) is 0 Å². The number of aryl methyl sites for hydroxylation is 2. The number of benzene rings is 5. The molecule has 5 aliphatic rings. The standard InChI is InChI=1S/C61H69N3O8/c1-3-47-35-51-45-14-10-13-41(34-45)18-26-50-56-55(52(68)36-53(72-56)44-19-24-48(66)25-20-44)58(70-32-27-49(67)23-17-40-11-6-4-7-12-40)59(69-2)57(50)71-39-43(38-65)33-42-15-21-46(22-16-42)61(28-8-5-9-29-61)54-37-62-30-31-64(54)60(51)63-47/h4,6-7,10-17,19-25,34-35,43,49,53-54,62-63,65-67H,3,5,8-9,18,26-33,36-39H2,1-2H3. The zero-order valence-electron chi connectivity index (χ0n) is 41.7. The van der Waals surface area contributed by atoms with E-state index < -0.39 is 12.2 Å². The lowest BCUT2D eigenvalue weighted by atomic mass is 9.64. The smallest absolute Gasteiger partial charge is 0.204 e. The van der Waals surface area contributed by atoms with Gasteiger partial charge in [-0.1, -0.05) is 129 Å². The van der Waals surface area contributed by atoms with E-state index in [1.54, 1.807) is 37.5 Å². The Bertz CT molecular complexity index is 2830. The van der Waals surface area contributed by atoms with Crippen molar-refractivity contribution < 1.29 is 39.1 Å². The molecule has 4 bridgehead atoms. The van der Waals surface area contributed by atoms with Crippen LogP contribution in [0.25, 0.3) is 17.2 Å². The number of hydrogen-bond acceptors (Lipinski definition) is 10. The summed E-state index contributed by atoms with van der Waals surface area (Å²) < 4.78 is 26.8. The summed E-state index contributed by atoms with van der Waals surface area (Å²) in [5, 5.41) is 36.1. The average molecular weight is 972 g/mol. The van der Waals surface area contributed by atoms with Gasteiger partial charge in [-0.3, -0.25) is 4.79 Å². The molecule has 11 nitrogen and oxygen atoms in total. The van der Waals surface area contributed by atoms with Gasteiger partial charge in [-0.15, -0.1) is 0 Å². The van der Waals surface area contributed by atoms with Crippen LogP contribution in [0.15, 0.2) is 115 Å². The fraction of sp³-hybridized carbons (Fsp3) is 0.393. The summed E-state index contributed by atoms with van der Waals surface area (Å²) in [6.45, 7) is 5.01. The van der Waals surface area contributed by atoms with Gasteiger partial charge in [-0.25, -0.2) is 0 Å². The molecule has 2 fully saturated rings. The van der Waals surface area contributed by atoms with Crippen LogP contribution in [0.5, 0.6) is 28.7 Å². The highest BCUT2D eigenvalue weighted by atomic mass is 16.5. The molecule has 11 heteroatoms. The highest BCUT2D eigenvalue weighted by Crippen LogP contribution is 2.54. The first-order chi connectivity index (χ1) is 35.2. The number of carbonyl (C=O) groups is 1. The summed E-state index contributed by atoms with van der Waals surface area (Å²) in [6, 6.07) is 37.1. The van der Waals surface area contributed by atoms with Gasteiger partial charge in [0.25, 0.3) is 0 Å². The van der Waals surface area contributed by atoms with Gasteiger partial charge in [0, 0.05) is 60.8 Å². The quantitative estimate of drug-likeness (QED) is 0.0899. The SMILES string of the molecule is CCc1cc2c([nH]1)N1CCNCC1C1(CCCCC1)c1ccc(cc1)CC(CO)COc1c(c3c(c(OCCC(O)C=Cc4ccccc4)c1OC)C(=O)CC(c1ccc(O)cc1)O3)CCc1cccc-2c1. The van der Waals surface area contributed by atoms with Gasteiger partial charge < -0.3 is 49.5 Å². The highest BCUT2D eigenvalue weighted by molar-refractivity contribution is 6.04. The lowest BCUT2D eigenvalue weighted by Crippen LogP contribution is -2.61. The largest absolute Gasteiger partial charge is 0.508 e. The number of ketones is 1. The van der Waals surface area contributed by atoms with E-state index in [1.165, 1.54) is 41.9 Å². The summed E-state index contributed by atoms with van der Waals surface area (Å²) in [6.07, 6.45) is 10.8. The number of H-pyrrole nitrogens is 1. The van der Waals surface area contributed by atoms with Crippen molar-refractivity contribution in [1.29, 1.82) is 0 Å². The lowest BCUT2D eigenvalue weighted by molar-refractivity contribution is 0.0834. The van der Waals surface area contributed by atoms with Gasteiger partial charge in [0.15, 0.2) is 17.3 Å². The normalized spacial score (nSPS) is 20.4. The molecular formula is C61H69N3O8. The number of aromatic nitrogens is 1. The first-order valence-corrected chi connectivity index (χ1v) is 26.2. The third-order valence-corrected chi connectivity index (χ3v) is 15.6. The van der Waals surface area contributed by atoms with Crippen molar-refractivity contribution in [3.8, 4) is 39.9 Å². The zero-order valence-corrected chi connectivity index (χ0v) is 41.7. The third-order valence-electron chi connectivity index (χ3n) is 15.6. The molecule has 0 amide bonds. The molecule has 1 spiro atoms. The van der Waals surface area contributed by atoms with Crippen molar-refractivity contribution in [3.05, 3.63) is 160 Å². The topological polar surface area (TPSA) is 146 Å².